The first-order valence-electron chi connectivity index (χ1n) is 7.24. The highest BCUT2D eigenvalue weighted by Gasteiger charge is 2.33. The Morgan fingerprint density at radius 1 is 1.16 bits per heavy atom. The van der Waals surface area contributed by atoms with Crippen molar-refractivity contribution in [3.8, 4) is 10.6 Å². The van der Waals surface area contributed by atoms with Gasteiger partial charge in [0.15, 0.2) is 0 Å². The summed E-state index contributed by atoms with van der Waals surface area (Å²) in [6.45, 7) is 0. The summed E-state index contributed by atoms with van der Waals surface area (Å²) in [7, 11) is 0. The van der Waals surface area contributed by atoms with Crippen molar-refractivity contribution in [3.05, 3.63) is 69.9 Å². The predicted octanol–water partition coefficient (Wildman–Crippen LogP) is 5.15. The quantitative estimate of drug-likeness (QED) is 0.676. The fourth-order valence-electron chi connectivity index (χ4n) is 2.29. The maximum Gasteiger partial charge on any atom is 0.417 e. The number of alkyl halides is 3. The van der Waals surface area contributed by atoms with E-state index in [0.29, 0.717) is 21.9 Å². The molecule has 1 N–H and O–H groups in total. The average molecular weight is 385 g/mol. The van der Waals surface area contributed by atoms with Crippen molar-refractivity contribution in [2.24, 2.45) is 0 Å². The zero-order valence-electron chi connectivity index (χ0n) is 12.7. The van der Waals surface area contributed by atoms with Crippen LogP contribution in [0.5, 0.6) is 0 Å². The number of aromatic nitrogens is 2. The largest absolute Gasteiger partial charge is 0.417 e. The maximum absolute atomic E-state index is 12.8. The highest BCUT2D eigenvalue weighted by Crippen LogP contribution is 2.38. The molecule has 130 valence electrons. The SMILES string of the molecule is OC(Cc1ccncc1)c1cnc(-c2ccc(C(F)(F)F)c(Cl)c2)s1. The number of pyridine rings is 1. The summed E-state index contributed by atoms with van der Waals surface area (Å²) in [6, 6.07) is 7.11. The van der Waals surface area contributed by atoms with Crippen LogP contribution >= 0.6 is 22.9 Å². The zero-order valence-corrected chi connectivity index (χ0v) is 14.2. The molecule has 0 saturated carbocycles. The molecular weight excluding hydrogens is 373 g/mol. The normalized spacial score (nSPS) is 13.0. The van der Waals surface area contributed by atoms with Gasteiger partial charge in [-0.3, -0.25) is 4.98 Å². The smallest absolute Gasteiger partial charge is 0.387 e. The molecule has 3 aromatic rings. The van der Waals surface area contributed by atoms with Gasteiger partial charge < -0.3 is 5.11 Å². The van der Waals surface area contributed by atoms with E-state index in [1.807, 2.05) is 0 Å². The molecule has 0 aliphatic rings. The van der Waals surface area contributed by atoms with E-state index in [-0.39, 0.29) is 5.02 Å². The fraction of sp³-hybridized carbons (Fsp3) is 0.176. The van der Waals surface area contributed by atoms with E-state index in [1.54, 1.807) is 24.5 Å². The van der Waals surface area contributed by atoms with Gasteiger partial charge in [0.25, 0.3) is 0 Å². The third-order valence-electron chi connectivity index (χ3n) is 3.55. The van der Waals surface area contributed by atoms with Crippen LogP contribution in [0.4, 0.5) is 13.2 Å². The Labute approximate surface area is 150 Å². The third kappa shape index (κ3) is 4.18. The molecule has 0 radical (unpaired) electrons. The van der Waals surface area contributed by atoms with Crippen LogP contribution in [0.3, 0.4) is 0 Å². The monoisotopic (exact) mass is 384 g/mol. The molecule has 0 saturated heterocycles. The molecule has 0 amide bonds. The highest BCUT2D eigenvalue weighted by atomic mass is 35.5. The molecule has 0 fully saturated rings. The summed E-state index contributed by atoms with van der Waals surface area (Å²) in [5.41, 5.74) is 0.521. The zero-order chi connectivity index (χ0) is 18.0. The predicted molar refractivity (Wildman–Crippen MR) is 90.5 cm³/mol. The Morgan fingerprint density at radius 2 is 1.88 bits per heavy atom. The second-order valence-electron chi connectivity index (χ2n) is 5.34. The van der Waals surface area contributed by atoms with Gasteiger partial charge in [-0.15, -0.1) is 11.3 Å². The van der Waals surface area contributed by atoms with E-state index in [0.717, 1.165) is 11.6 Å². The number of thiazole rings is 1. The minimum absolute atomic E-state index is 0.376. The van der Waals surface area contributed by atoms with Crippen LogP contribution in [0.25, 0.3) is 10.6 Å². The minimum atomic E-state index is -4.50. The van der Waals surface area contributed by atoms with Crippen molar-refractivity contribution in [2.45, 2.75) is 18.7 Å². The summed E-state index contributed by atoms with van der Waals surface area (Å²) in [6.07, 6.45) is -0.0346. The molecule has 0 bridgehead atoms. The number of benzene rings is 1. The molecule has 0 aliphatic carbocycles. The molecule has 0 spiro atoms. The molecule has 1 atom stereocenters. The van der Waals surface area contributed by atoms with Gasteiger partial charge in [0.1, 0.15) is 5.01 Å². The van der Waals surface area contributed by atoms with E-state index >= 15 is 0 Å². The molecule has 8 heteroatoms. The summed E-state index contributed by atoms with van der Waals surface area (Å²) in [5.74, 6) is 0. The third-order valence-corrected chi connectivity index (χ3v) is 5.01. The van der Waals surface area contributed by atoms with Crippen LogP contribution in [0, 0.1) is 0 Å². The minimum Gasteiger partial charge on any atom is -0.387 e. The van der Waals surface area contributed by atoms with Crippen LogP contribution in [-0.2, 0) is 12.6 Å². The van der Waals surface area contributed by atoms with Crippen LogP contribution < -0.4 is 0 Å². The Morgan fingerprint density at radius 3 is 2.52 bits per heavy atom. The second kappa shape index (κ2) is 7.11. The lowest BCUT2D eigenvalue weighted by atomic mass is 10.1. The molecule has 0 aliphatic heterocycles. The van der Waals surface area contributed by atoms with Gasteiger partial charge in [0.2, 0.25) is 0 Å². The van der Waals surface area contributed by atoms with Crippen LogP contribution in [0.2, 0.25) is 5.02 Å². The standard InChI is InChI=1S/C17H12ClF3N2OS/c18-13-8-11(1-2-12(13)17(19,20)21)16-23-9-15(25-16)14(24)7-10-3-5-22-6-4-10/h1-6,8-9,14,24H,7H2. The number of hydrogen-bond donors (Lipinski definition) is 1. The van der Waals surface area contributed by atoms with Gasteiger partial charge in [0, 0.05) is 30.6 Å². The number of halogens is 4. The van der Waals surface area contributed by atoms with Crippen LogP contribution in [-0.4, -0.2) is 15.1 Å². The molecular formula is C17H12ClF3N2OS. The summed E-state index contributed by atoms with van der Waals surface area (Å²) in [4.78, 5) is 8.73. The highest BCUT2D eigenvalue weighted by molar-refractivity contribution is 7.15. The van der Waals surface area contributed by atoms with E-state index < -0.39 is 17.8 Å². The van der Waals surface area contributed by atoms with Crippen molar-refractivity contribution in [1.82, 2.24) is 9.97 Å². The van der Waals surface area contributed by atoms with E-state index in [1.165, 1.54) is 29.7 Å². The van der Waals surface area contributed by atoms with Crippen molar-refractivity contribution in [1.29, 1.82) is 0 Å². The Hall–Kier alpha value is -1.96. The lowest BCUT2D eigenvalue weighted by molar-refractivity contribution is -0.137. The Balaban J connectivity index is 1.80. The number of rotatable bonds is 4. The lowest BCUT2D eigenvalue weighted by Crippen LogP contribution is -2.05. The van der Waals surface area contributed by atoms with E-state index in [4.69, 9.17) is 11.6 Å². The van der Waals surface area contributed by atoms with Gasteiger partial charge in [-0.2, -0.15) is 13.2 Å². The molecule has 2 heterocycles. The van der Waals surface area contributed by atoms with Gasteiger partial charge in [0.05, 0.1) is 21.6 Å². The Bertz CT molecular complexity index is 868. The van der Waals surface area contributed by atoms with Crippen molar-refractivity contribution >= 4 is 22.9 Å². The van der Waals surface area contributed by atoms with E-state index in [9.17, 15) is 18.3 Å². The number of nitrogens with zero attached hydrogens (tertiary/aromatic N) is 2. The number of aliphatic hydroxyl groups is 1. The van der Waals surface area contributed by atoms with Gasteiger partial charge in [-0.1, -0.05) is 17.7 Å². The van der Waals surface area contributed by atoms with Crippen LogP contribution in [0.1, 0.15) is 22.1 Å². The summed E-state index contributed by atoms with van der Waals surface area (Å²) >= 11 is 6.96. The first kappa shape index (κ1) is 17.8. The van der Waals surface area contributed by atoms with Gasteiger partial charge in [-0.25, -0.2) is 4.98 Å². The van der Waals surface area contributed by atoms with Crippen LogP contribution in [0.15, 0.2) is 48.9 Å². The molecule has 1 aromatic carbocycles. The molecule has 3 rings (SSSR count). The molecule has 3 nitrogen and oxygen atoms in total. The number of hydrogen-bond acceptors (Lipinski definition) is 4. The van der Waals surface area contributed by atoms with Gasteiger partial charge in [-0.05, 0) is 29.8 Å². The van der Waals surface area contributed by atoms with Crippen molar-refractivity contribution in [2.75, 3.05) is 0 Å². The summed E-state index contributed by atoms with van der Waals surface area (Å²) < 4.78 is 38.3. The first-order valence-corrected chi connectivity index (χ1v) is 8.44. The van der Waals surface area contributed by atoms with Crippen molar-refractivity contribution in [3.63, 3.8) is 0 Å². The first-order chi connectivity index (χ1) is 11.8. The average Bonchev–Trinajstić information content (AvgIpc) is 3.04. The number of aliphatic hydroxyl groups excluding tert-OH is 1. The van der Waals surface area contributed by atoms with Gasteiger partial charge >= 0.3 is 6.18 Å². The van der Waals surface area contributed by atoms with Crippen molar-refractivity contribution < 1.29 is 18.3 Å². The second-order valence-corrected chi connectivity index (χ2v) is 6.80. The fourth-order valence-corrected chi connectivity index (χ4v) is 3.48. The molecule has 1 unspecified atom stereocenters. The molecule has 25 heavy (non-hydrogen) atoms. The Kier molecular flexibility index (Phi) is 5.08. The lowest BCUT2D eigenvalue weighted by Gasteiger charge is -2.09. The molecule has 2 aromatic heterocycles. The topological polar surface area (TPSA) is 46.0 Å². The summed E-state index contributed by atoms with van der Waals surface area (Å²) in [5, 5.41) is 10.4. The van der Waals surface area contributed by atoms with E-state index in [2.05, 4.69) is 9.97 Å². The maximum atomic E-state index is 12.8.